The SMILES string of the molecule is O=c1ccnc(-c2ccc(O)c(Cl)c2)[nH]1. The van der Waals surface area contributed by atoms with Crippen molar-refractivity contribution < 1.29 is 5.11 Å². The first-order chi connectivity index (χ1) is 7.16. The molecule has 0 radical (unpaired) electrons. The van der Waals surface area contributed by atoms with Crippen LogP contribution in [0.1, 0.15) is 0 Å². The van der Waals surface area contributed by atoms with Gasteiger partial charge in [0.25, 0.3) is 5.56 Å². The van der Waals surface area contributed by atoms with Crippen molar-refractivity contribution in [1.29, 1.82) is 0 Å². The van der Waals surface area contributed by atoms with Crippen molar-refractivity contribution in [2.24, 2.45) is 0 Å². The van der Waals surface area contributed by atoms with Gasteiger partial charge in [-0.15, -0.1) is 0 Å². The van der Waals surface area contributed by atoms with Crippen molar-refractivity contribution in [3.8, 4) is 17.1 Å². The van der Waals surface area contributed by atoms with Gasteiger partial charge in [-0.1, -0.05) is 11.6 Å². The maximum atomic E-state index is 11.0. The number of hydrogen-bond donors (Lipinski definition) is 2. The number of phenols is 1. The quantitative estimate of drug-likeness (QED) is 0.773. The van der Waals surface area contributed by atoms with Crippen molar-refractivity contribution in [2.45, 2.75) is 0 Å². The van der Waals surface area contributed by atoms with E-state index in [1.807, 2.05) is 0 Å². The van der Waals surface area contributed by atoms with Crippen LogP contribution in [0.4, 0.5) is 0 Å². The summed E-state index contributed by atoms with van der Waals surface area (Å²) in [5.74, 6) is 0.420. The van der Waals surface area contributed by atoms with Crippen LogP contribution >= 0.6 is 11.6 Å². The number of hydrogen-bond acceptors (Lipinski definition) is 3. The molecule has 0 aliphatic heterocycles. The topological polar surface area (TPSA) is 66.0 Å². The molecule has 0 spiro atoms. The maximum absolute atomic E-state index is 11.0. The fourth-order valence-corrected chi connectivity index (χ4v) is 1.35. The zero-order valence-electron chi connectivity index (χ0n) is 7.57. The third-order valence-electron chi connectivity index (χ3n) is 1.89. The van der Waals surface area contributed by atoms with E-state index in [1.165, 1.54) is 24.4 Å². The van der Waals surface area contributed by atoms with Gasteiger partial charge in [-0.25, -0.2) is 4.98 Å². The molecule has 0 aliphatic carbocycles. The van der Waals surface area contributed by atoms with E-state index in [0.29, 0.717) is 11.4 Å². The molecule has 2 N–H and O–H groups in total. The number of halogens is 1. The minimum absolute atomic E-state index is 0.00121. The second-order valence-corrected chi connectivity index (χ2v) is 3.36. The van der Waals surface area contributed by atoms with Gasteiger partial charge in [-0.2, -0.15) is 0 Å². The highest BCUT2D eigenvalue weighted by molar-refractivity contribution is 6.32. The van der Waals surface area contributed by atoms with Crippen LogP contribution in [0.3, 0.4) is 0 Å². The minimum atomic E-state index is -0.232. The summed E-state index contributed by atoms with van der Waals surface area (Å²) in [6.07, 6.45) is 1.41. The molecule has 0 atom stereocenters. The Bertz CT molecular complexity index is 551. The number of H-pyrrole nitrogens is 1. The van der Waals surface area contributed by atoms with E-state index in [2.05, 4.69) is 9.97 Å². The molecule has 0 bridgehead atoms. The molecule has 0 saturated heterocycles. The molecule has 1 aromatic carbocycles. The molecule has 5 heteroatoms. The molecule has 1 aromatic heterocycles. The van der Waals surface area contributed by atoms with E-state index in [-0.39, 0.29) is 16.3 Å². The summed E-state index contributed by atoms with van der Waals surface area (Å²) in [6.45, 7) is 0. The van der Waals surface area contributed by atoms with E-state index >= 15 is 0 Å². The summed E-state index contributed by atoms with van der Waals surface area (Å²) < 4.78 is 0. The lowest BCUT2D eigenvalue weighted by molar-refractivity contribution is 0.475. The van der Waals surface area contributed by atoms with Crippen LogP contribution in [0.25, 0.3) is 11.4 Å². The molecule has 76 valence electrons. The number of aromatic nitrogens is 2. The zero-order chi connectivity index (χ0) is 10.8. The van der Waals surface area contributed by atoms with Gasteiger partial charge in [0, 0.05) is 17.8 Å². The number of aromatic hydroxyl groups is 1. The molecule has 1 heterocycles. The lowest BCUT2D eigenvalue weighted by Crippen LogP contribution is -2.05. The first-order valence-corrected chi connectivity index (χ1v) is 4.59. The Morgan fingerprint density at radius 1 is 1.33 bits per heavy atom. The molecule has 0 saturated carbocycles. The standard InChI is InChI=1S/C10H7ClN2O2/c11-7-5-6(1-2-8(7)14)10-12-4-3-9(15)13-10/h1-5,14H,(H,12,13,15). The normalized spacial score (nSPS) is 10.2. The van der Waals surface area contributed by atoms with E-state index in [9.17, 15) is 9.90 Å². The molecule has 15 heavy (non-hydrogen) atoms. The van der Waals surface area contributed by atoms with Crippen molar-refractivity contribution in [2.75, 3.05) is 0 Å². The average Bonchev–Trinajstić information content (AvgIpc) is 2.22. The third-order valence-corrected chi connectivity index (χ3v) is 2.19. The first kappa shape index (κ1) is 9.73. The van der Waals surface area contributed by atoms with Crippen LogP contribution in [-0.4, -0.2) is 15.1 Å². The lowest BCUT2D eigenvalue weighted by Gasteiger charge is -2.01. The summed E-state index contributed by atoms with van der Waals surface area (Å²) >= 11 is 5.73. The molecule has 0 aliphatic rings. The molecule has 0 fully saturated rings. The summed E-state index contributed by atoms with van der Waals surface area (Å²) in [7, 11) is 0. The Morgan fingerprint density at radius 2 is 2.13 bits per heavy atom. The molecule has 0 amide bonds. The largest absolute Gasteiger partial charge is 0.506 e. The monoisotopic (exact) mass is 222 g/mol. The predicted molar refractivity (Wildman–Crippen MR) is 57.0 cm³/mol. The number of benzene rings is 1. The van der Waals surface area contributed by atoms with Crippen LogP contribution < -0.4 is 5.56 Å². The Kier molecular flexibility index (Phi) is 2.43. The van der Waals surface area contributed by atoms with E-state index in [4.69, 9.17) is 11.6 Å². The zero-order valence-corrected chi connectivity index (χ0v) is 8.32. The maximum Gasteiger partial charge on any atom is 0.251 e. The van der Waals surface area contributed by atoms with Gasteiger partial charge >= 0.3 is 0 Å². The van der Waals surface area contributed by atoms with Crippen LogP contribution in [0, 0.1) is 0 Å². The first-order valence-electron chi connectivity index (χ1n) is 4.21. The molecule has 0 unspecified atom stereocenters. The predicted octanol–water partition coefficient (Wildman–Crippen LogP) is 1.80. The average molecular weight is 223 g/mol. The molecular weight excluding hydrogens is 216 g/mol. The van der Waals surface area contributed by atoms with Gasteiger partial charge in [0.15, 0.2) is 0 Å². The number of phenolic OH excluding ortho intramolecular Hbond substituents is 1. The summed E-state index contributed by atoms with van der Waals surface area (Å²) in [5.41, 5.74) is 0.416. The molecule has 2 rings (SSSR count). The Morgan fingerprint density at radius 3 is 2.80 bits per heavy atom. The summed E-state index contributed by atoms with van der Waals surface area (Å²) in [6, 6.07) is 5.94. The molecular formula is C10H7ClN2O2. The van der Waals surface area contributed by atoms with Gasteiger partial charge in [0.1, 0.15) is 11.6 Å². The van der Waals surface area contributed by atoms with Gasteiger partial charge in [0.2, 0.25) is 0 Å². The van der Waals surface area contributed by atoms with E-state index < -0.39 is 0 Å². The number of rotatable bonds is 1. The summed E-state index contributed by atoms with van der Waals surface area (Å²) in [5, 5.41) is 9.44. The van der Waals surface area contributed by atoms with E-state index in [1.54, 1.807) is 6.07 Å². The third kappa shape index (κ3) is 1.99. The Hall–Kier alpha value is -1.81. The summed E-state index contributed by atoms with van der Waals surface area (Å²) in [4.78, 5) is 17.6. The fourth-order valence-electron chi connectivity index (χ4n) is 1.17. The van der Waals surface area contributed by atoms with Gasteiger partial charge < -0.3 is 10.1 Å². The number of nitrogens with zero attached hydrogens (tertiary/aromatic N) is 1. The lowest BCUT2D eigenvalue weighted by atomic mass is 10.2. The smallest absolute Gasteiger partial charge is 0.251 e. The van der Waals surface area contributed by atoms with Crippen molar-refractivity contribution in [3.63, 3.8) is 0 Å². The second kappa shape index (κ2) is 3.74. The highest BCUT2D eigenvalue weighted by Gasteiger charge is 2.03. The Balaban J connectivity index is 2.55. The van der Waals surface area contributed by atoms with Gasteiger partial charge in [-0.3, -0.25) is 4.79 Å². The van der Waals surface area contributed by atoms with Gasteiger partial charge in [-0.05, 0) is 18.2 Å². The van der Waals surface area contributed by atoms with E-state index in [0.717, 1.165) is 0 Å². The highest BCUT2D eigenvalue weighted by Crippen LogP contribution is 2.27. The second-order valence-electron chi connectivity index (χ2n) is 2.95. The molecule has 2 aromatic rings. The van der Waals surface area contributed by atoms with Crippen LogP contribution in [0.2, 0.25) is 5.02 Å². The van der Waals surface area contributed by atoms with Crippen molar-refractivity contribution in [3.05, 3.63) is 45.8 Å². The van der Waals surface area contributed by atoms with Crippen LogP contribution in [0.15, 0.2) is 35.3 Å². The number of aromatic amines is 1. The number of nitrogens with one attached hydrogen (secondary N) is 1. The molecule has 4 nitrogen and oxygen atoms in total. The highest BCUT2D eigenvalue weighted by atomic mass is 35.5. The van der Waals surface area contributed by atoms with Crippen LogP contribution in [0.5, 0.6) is 5.75 Å². The van der Waals surface area contributed by atoms with Crippen molar-refractivity contribution >= 4 is 11.6 Å². The van der Waals surface area contributed by atoms with Crippen molar-refractivity contribution in [1.82, 2.24) is 9.97 Å². The fraction of sp³-hybridized carbons (Fsp3) is 0. The van der Waals surface area contributed by atoms with Crippen LogP contribution in [-0.2, 0) is 0 Å². The Labute approximate surface area is 90.2 Å². The minimum Gasteiger partial charge on any atom is -0.506 e. The van der Waals surface area contributed by atoms with Gasteiger partial charge in [0.05, 0.1) is 5.02 Å².